The van der Waals surface area contributed by atoms with Crippen LogP contribution in [0, 0.1) is 5.92 Å². The molecule has 1 saturated heterocycles. The predicted octanol–water partition coefficient (Wildman–Crippen LogP) is 0.318. The zero-order valence-electron chi connectivity index (χ0n) is 11.4. The predicted molar refractivity (Wildman–Crippen MR) is 68.0 cm³/mol. The summed E-state index contributed by atoms with van der Waals surface area (Å²) >= 11 is 0. The largest absolute Gasteiger partial charge is 0.444 e. The molecule has 1 aliphatic rings. The number of nitrogens with zero attached hydrogens (tertiary/aromatic N) is 1. The normalized spacial score (nSPS) is 19.8. The molecule has 0 aliphatic carbocycles. The van der Waals surface area contributed by atoms with Crippen molar-refractivity contribution >= 4 is 12.0 Å². The lowest BCUT2D eigenvalue weighted by Gasteiger charge is -2.20. The smallest absolute Gasteiger partial charge is 0.407 e. The van der Waals surface area contributed by atoms with Gasteiger partial charge in [-0.25, -0.2) is 4.79 Å². The fourth-order valence-corrected chi connectivity index (χ4v) is 1.90. The van der Waals surface area contributed by atoms with Crippen LogP contribution in [0.2, 0.25) is 0 Å². The molecule has 2 amide bonds. The lowest BCUT2D eigenvalue weighted by molar-refractivity contribution is -0.128. The molecule has 1 rings (SSSR count). The van der Waals surface area contributed by atoms with Gasteiger partial charge in [-0.3, -0.25) is 4.79 Å². The van der Waals surface area contributed by atoms with Crippen molar-refractivity contribution in [1.82, 2.24) is 10.2 Å². The van der Waals surface area contributed by atoms with Gasteiger partial charge in [0.15, 0.2) is 0 Å². The van der Waals surface area contributed by atoms with E-state index in [1.165, 1.54) is 0 Å². The number of carbonyl (C=O) groups is 2. The van der Waals surface area contributed by atoms with Crippen LogP contribution >= 0.6 is 0 Å². The second-order valence-electron chi connectivity index (χ2n) is 5.58. The van der Waals surface area contributed by atoms with Crippen LogP contribution in [0.15, 0.2) is 0 Å². The lowest BCUT2D eigenvalue weighted by atomic mass is 10.1. The highest BCUT2D eigenvalue weighted by atomic mass is 16.6. The van der Waals surface area contributed by atoms with Gasteiger partial charge in [-0.05, 0) is 33.1 Å². The molecule has 0 bridgehead atoms. The van der Waals surface area contributed by atoms with E-state index >= 15 is 0 Å². The Hall–Kier alpha value is -1.30. The number of amides is 2. The molecule has 1 aliphatic heterocycles. The van der Waals surface area contributed by atoms with Crippen molar-refractivity contribution in [3.05, 3.63) is 0 Å². The number of nitrogens with two attached hydrogens (primary N) is 1. The molecular weight excluding hydrogens is 234 g/mol. The van der Waals surface area contributed by atoms with Gasteiger partial charge in [0.2, 0.25) is 5.91 Å². The molecule has 1 heterocycles. The molecule has 0 saturated carbocycles. The van der Waals surface area contributed by atoms with E-state index in [1.54, 1.807) is 4.90 Å². The van der Waals surface area contributed by atoms with Crippen LogP contribution in [0.4, 0.5) is 4.79 Å². The number of rotatable bonds is 3. The van der Waals surface area contributed by atoms with Gasteiger partial charge in [-0.15, -0.1) is 0 Å². The summed E-state index contributed by atoms with van der Waals surface area (Å²) in [6, 6.07) is 0. The Morgan fingerprint density at radius 3 is 2.67 bits per heavy atom. The average Bonchev–Trinajstić information content (AvgIpc) is 2.71. The van der Waals surface area contributed by atoms with Crippen LogP contribution in [0.5, 0.6) is 0 Å². The number of alkyl carbamates (subject to hydrolysis) is 1. The van der Waals surface area contributed by atoms with Gasteiger partial charge < -0.3 is 20.7 Å². The van der Waals surface area contributed by atoms with Gasteiger partial charge in [0, 0.05) is 19.6 Å². The topological polar surface area (TPSA) is 84.7 Å². The summed E-state index contributed by atoms with van der Waals surface area (Å²) in [4.78, 5) is 24.6. The van der Waals surface area contributed by atoms with E-state index < -0.39 is 11.7 Å². The van der Waals surface area contributed by atoms with E-state index in [0.717, 1.165) is 13.0 Å². The Kier molecular flexibility index (Phi) is 4.95. The fraction of sp³-hybridized carbons (Fsp3) is 0.833. The van der Waals surface area contributed by atoms with Crippen molar-refractivity contribution in [2.24, 2.45) is 11.7 Å². The third-order valence-electron chi connectivity index (χ3n) is 2.75. The second kappa shape index (κ2) is 6.04. The van der Waals surface area contributed by atoms with Crippen LogP contribution < -0.4 is 11.1 Å². The summed E-state index contributed by atoms with van der Waals surface area (Å²) in [6.45, 7) is 7.43. The molecule has 0 radical (unpaired) electrons. The zero-order valence-corrected chi connectivity index (χ0v) is 11.4. The van der Waals surface area contributed by atoms with Crippen LogP contribution in [-0.4, -0.2) is 48.7 Å². The standard InChI is InChI=1S/C12H23N3O3/c1-12(2,3)18-11(17)14-7-9-4-5-15(8-9)10(16)6-13/h9H,4-8,13H2,1-3H3,(H,14,17). The molecule has 1 atom stereocenters. The Bertz CT molecular complexity index is 312. The summed E-state index contributed by atoms with van der Waals surface area (Å²) in [5.74, 6) is 0.253. The van der Waals surface area contributed by atoms with Gasteiger partial charge in [-0.1, -0.05) is 0 Å². The summed E-state index contributed by atoms with van der Waals surface area (Å²) in [6.07, 6.45) is 0.479. The monoisotopic (exact) mass is 257 g/mol. The molecule has 0 aromatic heterocycles. The minimum Gasteiger partial charge on any atom is -0.444 e. The maximum Gasteiger partial charge on any atom is 0.407 e. The van der Waals surface area contributed by atoms with Crippen LogP contribution in [-0.2, 0) is 9.53 Å². The number of nitrogens with one attached hydrogen (secondary N) is 1. The fourth-order valence-electron chi connectivity index (χ4n) is 1.90. The molecule has 6 heteroatoms. The number of hydrogen-bond donors (Lipinski definition) is 2. The maximum absolute atomic E-state index is 11.5. The Labute approximate surface area is 108 Å². The number of ether oxygens (including phenoxy) is 1. The quantitative estimate of drug-likeness (QED) is 0.762. The minimum atomic E-state index is -0.485. The van der Waals surface area contributed by atoms with E-state index in [9.17, 15) is 9.59 Å². The minimum absolute atomic E-state index is 0.0326. The van der Waals surface area contributed by atoms with E-state index in [4.69, 9.17) is 10.5 Å². The van der Waals surface area contributed by atoms with Crippen LogP contribution in [0.3, 0.4) is 0 Å². The van der Waals surface area contributed by atoms with Crippen molar-refractivity contribution in [1.29, 1.82) is 0 Å². The summed E-state index contributed by atoms with van der Waals surface area (Å²) in [5, 5.41) is 2.73. The molecule has 0 spiro atoms. The van der Waals surface area contributed by atoms with Crippen molar-refractivity contribution in [3.63, 3.8) is 0 Å². The molecule has 3 N–H and O–H groups in total. The first kappa shape index (κ1) is 14.8. The molecule has 18 heavy (non-hydrogen) atoms. The Morgan fingerprint density at radius 2 is 2.11 bits per heavy atom. The lowest BCUT2D eigenvalue weighted by Crippen LogP contribution is -2.37. The van der Waals surface area contributed by atoms with Gasteiger partial charge >= 0.3 is 6.09 Å². The van der Waals surface area contributed by atoms with Crippen LogP contribution in [0.1, 0.15) is 27.2 Å². The highest BCUT2D eigenvalue weighted by molar-refractivity contribution is 5.78. The van der Waals surface area contributed by atoms with E-state index in [2.05, 4.69) is 5.32 Å². The highest BCUT2D eigenvalue weighted by Gasteiger charge is 2.26. The van der Waals surface area contributed by atoms with Gasteiger partial charge in [0.05, 0.1) is 6.54 Å². The number of hydrogen-bond acceptors (Lipinski definition) is 4. The van der Waals surface area contributed by atoms with Crippen LogP contribution in [0.25, 0.3) is 0 Å². The molecule has 104 valence electrons. The zero-order chi connectivity index (χ0) is 13.8. The van der Waals surface area contributed by atoms with Crippen molar-refractivity contribution < 1.29 is 14.3 Å². The van der Waals surface area contributed by atoms with E-state index in [-0.39, 0.29) is 18.4 Å². The first-order valence-electron chi connectivity index (χ1n) is 6.26. The summed E-state index contributed by atoms with van der Waals surface area (Å²) in [7, 11) is 0. The molecule has 1 unspecified atom stereocenters. The summed E-state index contributed by atoms with van der Waals surface area (Å²) in [5.41, 5.74) is 4.82. The van der Waals surface area contributed by atoms with Crippen molar-refractivity contribution in [2.45, 2.75) is 32.8 Å². The first-order chi connectivity index (χ1) is 8.31. The average molecular weight is 257 g/mol. The SMILES string of the molecule is CC(C)(C)OC(=O)NCC1CCN(C(=O)CN)C1. The maximum atomic E-state index is 11.5. The third-order valence-corrected chi connectivity index (χ3v) is 2.75. The third kappa shape index (κ3) is 4.91. The number of likely N-dealkylation sites (tertiary alicyclic amines) is 1. The molecule has 6 nitrogen and oxygen atoms in total. The van der Waals surface area contributed by atoms with Gasteiger partial charge in [0.1, 0.15) is 5.60 Å². The molecule has 0 aromatic carbocycles. The van der Waals surface area contributed by atoms with Gasteiger partial charge in [0.25, 0.3) is 0 Å². The Balaban J connectivity index is 2.26. The van der Waals surface area contributed by atoms with Crippen molar-refractivity contribution in [2.75, 3.05) is 26.2 Å². The van der Waals surface area contributed by atoms with E-state index in [1.807, 2.05) is 20.8 Å². The Morgan fingerprint density at radius 1 is 1.44 bits per heavy atom. The van der Waals surface area contributed by atoms with Gasteiger partial charge in [-0.2, -0.15) is 0 Å². The molecular formula is C12H23N3O3. The summed E-state index contributed by atoms with van der Waals surface area (Å²) < 4.78 is 5.14. The first-order valence-corrected chi connectivity index (χ1v) is 6.26. The van der Waals surface area contributed by atoms with E-state index in [0.29, 0.717) is 13.1 Å². The highest BCUT2D eigenvalue weighted by Crippen LogP contribution is 2.15. The second-order valence-corrected chi connectivity index (χ2v) is 5.58. The molecule has 0 aromatic rings. The van der Waals surface area contributed by atoms with Crippen molar-refractivity contribution in [3.8, 4) is 0 Å². The number of carbonyl (C=O) groups excluding carboxylic acids is 2. The molecule has 1 fully saturated rings.